The molecule has 0 heterocycles. The highest BCUT2D eigenvalue weighted by atomic mass is 32.2. The second-order valence-electron chi connectivity index (χ2n) is 7.00. The fourth-order valence-electron chi connectivity index (χ4n) is 3.50. The van der Waals surface area contributed by atoms with Crippen molar-refractivity contribution in [1.29, 1.82) is 0 Å². The molecular formula is C16H31NO2S. The van der Waals surface area contributed by atoms with E-state index in [0.717, 1.165) is 43.2 Å². The van der Waals surface area contributed by atoms with E-state index in [1.54, 1.807) is 6.92 Å². The molecule has 1 N–H and O–H groups in total. The van der Waals surface area contributed by atoms with Crippen molar-refractivity contribution < 1.29 is 8.42 Å². The maximum atomic E-state index is 11.6. The van der Waals surface area contributed by atoms with Crippen molar-refractivity contribution in [1.82, 2.24) is 5.32 Å². The molecule has 3 atom stereocenters. The van der Waals surface area contributed by atoms with E-state index in [4.69, 9.17) is 0 Å². The lowest BCUT2D eigenvalue weighted by atomic mass is 9.73. The van der Waals surface area contributed by atoms with E-state index in [0.29, 0.717) is 11.5 Å². The van der Waals surface area contributed by atoms with Gasteiger partial charge in [-0.1, -0.05) is 20.3 Å². The lowest BCUT2D eigenvalue weighted by Gasteiger charge is -2.35. The fourth-order valence-corrected chi connectivity index (χ4v) is 4.39. The summed E-state index contributed by atoms with van der Waals surface area (Å²) < 4.78 is 23.2. The molecule has 0 saturated heterocycles. The third kappa shape index (κ3) is 5.36. The van der Waals surface area contributed by atoms with Gasteiger partial charge in [0.2, 0.25) is 0 Å². The molecule has 20 heavy (non-hydrogen) atoms. The Balaban J connectivity index is 1.77. The maximum Gasteiger partial charge on any atom is 0.150 e. The zero-order chi connectivity index (χ0) is 14.6. The highest BCUT2D eigenvalue weighted by Gasteiger charge is 2.30. The van der Waals surface area contributed by atoms with Crippen LogP contribution in [0.15, 0.2) is 0 Å². The molecule has 0 amide bonds. The van der Waals surface area contributed by atoms with Crippen LogP contribution in [0.3, 0.4) is 0 Å². The van der Waals surface area contributed by atoms with Crippen molar-refractivity contribution in [3.05, 3.63) is 0 Å². The van der Waals surface area contributed by atoms with Gasteiger partial charge in [0, 0.05) is 11.8 Å². The first kappa shape index (κ1) is 16.3. The van der Waals surface area contributed by atoms with Crippen LogP contribution in [0.25, 0.3) is 0 Å². The summed E-state index contributed by atoms with van der Waals surface area (Å²) in [6.07, 6.45) is 8.62. The molecule has 2 fully saturated rings. The molecule has 4 heteroatoms. The van der Waals surface area contributed by atoms with Crippen molar-refractivity contribution in [3.63, 3.8) is 0 Å². The average molecular weight is 301 g/mol. The average Bonchev–Trinajstić information content (AvgIpc) is 3.22. The van der Waals surface area contributed by atoms with E-state index in [1.165, 1.54) is 32.1 Å². The Hall–Kier alpha value is -0.0900. The molecule has 0 radical (unpaired) electrons. The van der Waals surface area contributed by atoms with Crippen molar-refractivity contribution in [3.8, 4) is 0 Å². The first-order valence-corrected chi connectivity index (χ1v) is 10.3. The molecule has 2 rings (SSSR count). The van der Waals surface area contributed by atoms with Gasteiger partial charge in [-0.3, -0.25) is 0 Å². The van der Waals surface area contributed by atoms with Crippen molar-refractivity contribution in [2.75, 3.05) is 18.1 Å². The lowest BCUT2D eigenvalue weighted by Crippen LogP contribution is -2.33. The molecule has 2 aliphatic rings. The molecule has 2 aliphatic carbocycles. The zero-order valence-electron chi connectivity index (χ0n) is 13.1. The van der Waals surface area contributed by atoms with Crippen molar-refractivity contribution >= 4 is 9.84 Å². The van der Waals surface area contributed by atoms with Gasteiger partial charge in [-0.05, 0) is 62.8 Å². The number of rotatable bonds is 8. The SMILES string of the molecule is CCS(=O)(=O)CCCC1CC(C)CCC1CNC1CC1. The molecule has 2 saturated carbocycles. The first-order valence-electron chi connectivity index (χ1n) is 8.44. The summed E-state index contributed by atoms with van der Waals surface area (Å²) in [4.78, 5) is 0. The molecule has 0 aliphatic heterocycles. The second-order valence-corrected chi connectivity index (χ2v) is 9.47. The third-order valence-corrected chi connectivity index (χ3v) is 6.91. The van der Waals surface area contributed by atoms with E-state index >= 15 is 0 Å². The van der Waals surface area contributed by atoms with Crippen LogP contribution in [0.2, 0.25) is 0 Å². The van der Waals surface area contributed by atoms with E-state index in [2.05, 4.69) is 12.2 Å². The summed E-state index contributed by atoms with van der Waals surface area (Å²) in [6.45, 7) is 5.25. The molecule has 3 unspecified atom stereocenters. The van der Waals surface area contributed by atoms with Gasteiger partial charge in [0.15, 0.2) is 0 Å². The molecule has 0 spiro atoms. The summed E-state index contributed by atoms with van der Waals surface area (Å²) in [5.41, 5.74) is 0. The molecule has 118 valence electrons. The van der Waals surface area contributed by atoms with Gasteiger partial charge in [0.25, 0.3) is 0 Å². The number of nitrogens with one attached hydrogen (secondary N) is 1. The van der Waals surface area contributed by atoms with Crippen LogP contribution >= 0.6 is 0 Å². The maximum absolute atomic E-state index is 11.6. The van der Waals surface area contributed by atoms with Gasteiger partial charge in [-0.25, -0.2) is 8.42 Å². The zero-order valence-corrected chi connectivity index (χ0v) is 13.9. The third-order valence-electron chi connectivity index (χ3n) is 5.12. The molecule has 3 nitrogen and oxygen atoms in total. The standard InChI is InChI=1S/C16H31NO2S/c1-3-20(18,19)10-4-5-14-11-13(2)6-7-15(14)12-17-16-8-9-16/h13-17H,3-12H2,1-2H3. The highest BCUT2D eigenvalue weighted by Crippen LogP contribution is 2.36. The van der Waals surface area contributed by atoms with Crippen LogP contribution in [0.1, 0.15) is 58.8 Å². The minimum atomic E-state index is -2.78. The smallest absolute Gasteiger partial charge is 0.150 e. The lowest BCUT2D eigenvalue weighted by molar-refractivity contribution is 0.173. The summed E-state index contributed by atoms with van der Waals surface area (Å²) in [6, 6.07) is 0.787. The summed E-state index contributed by atoms with van der Waals surface area (Å²) in [5, 5.41) is 3.67. The minimum absolute atomic E-state index is 0.292. The van der Waals surface area contributed by atoms with Crippen LogP contribution in [0, 0.1) is 17.8 Å². The minimum Gasteiger partial charge on any atom is -0.314 e. The summed E-state index contributed by atoms with van der Waals surface area (Å²) in [5.74, 6) is 3.01. The monoisotopic (exact) mass is 301 g/mol. The normalized spacial score (nSPS) is 31.4. The fraction of sp³-hybridized carbons (Fsp3) is 1.00. The molecule has 0 aromatic rings. The van der Waals surface area contributed by atoms with Gasteiger partial charge in [-0.2, -0.15) is 0 Å². The molecule has 0 aromatic heterocycles. The van der Waals surface area contributed by atoms with E-state index < -0.39 is 9.84 Å². The van der Waals surface area contributed by atoms with Crippen molar-refractivity contribution in [2.45, 2.75) is 64.8 Å². The van der Waals surface area contributed by atoms with Crippen LogP contribution in [-0.2, 0) is 9.84 Å². The van der Waals surface area contributed by atoms with Crippen LogP contribution in [-0.4, -0.2) is 32.5 Å². The predicted molar refractivity (Wildman–Crippen MR) is 84.6 cm³/mol. The van der Waals surface area contributed by atoms with Crippen LogP contribution in [0.5, 0.6) is 0 Å². The summed E-state index contributed by atoms with van der Waals surface area (Å²) >= 11 is 0. The van der Waals surface area contributed by atoms with E-state index in [1.807, 2.05) is 0 Å². The highest BCUT2D eigenvalue weighted by molar-refractivity contribution is 7.91. The molecular weight excluding hydrogens is 270 g/mol. The Labute approximate surface area is 124 Å². The quantitative estimate of drug-likeness (QED) is 0.749. The largest absolute Gasteiger partial charge is 0.314 e. The van der Waals surface area contributed by atoms with E-state index in [9.17, 15) is 8.42 Å². The van der Waals surface area contributed by atoms with E-state index in [-0.39, 0.29) is 0 Å². The number of hydrogen-bond acceptors (Lipinski definition) is 3. The Bertz CT molecular complexity index is 389. The van der Waals surface area contributed by atoms with Crippen molar-refractivity contribution in [2.24, 2.45) is 17.8 Å². The number of sulfone groups is 1. The topological polar surface area (TPSA) is 46.2 Å². The summed E-state index contributed by atoms with van der Waals surface area (Å²) in [7, 11) is -2.78. The Morgan fingerprint density at radius 1 is 1.10 bits per heavy atom. The van der Waals surface area contributed by atoms with Gasteiger partial charge in [0.05, 0.1) is 5.75 Å². The van der Waals surface area contributed by atoms with Gasteiger partial charge in [0.1, 0.15) is 9.84 Å². The Morgan fingerprint density at radius 2 is 1.85 bits per heavy atom. The Morgan fingerprint density at radius 3 is 2.50 bits per heavy atom. The first-order chi connectivity index (χ1) is 9.50. The number of hydrogen-bond donors (Lipinski definition) is 1. The second kappa shape index (κ2) is 7.26. The predicted octanol–water partition coefficient (Wildman–Crippen LogP) is 3.01. The molecule has 0 aromatic carbocycles. The van der Waals surface area contributed by atoms with Gasteiger partial charge < -0.3 is 5.32 Å². The molecule has 0 bridgehead atoms. The van der Waals surface area contributed by atoms with Crippen LogP contribution < -0.4 is 5.32 Å². The van der Waals surface area contributed by atoms with Gasteiger partial charge in [-0.15, -0.1) is 0 Å². The van der Waals surface area contributed by atoms with Gasteiger partial charge >= 0.3 is 0 Å². The van der Waals surface area contributed by atoms with Crippen LogP contribution in [0.4, 0.5) is 0 Å². The Kier molecular flexibility index (Phi) is 5.91.